The van der Waals surface area contributed by atoms with Gasteiger partial charge in [-0.3, -0.25) is 0 Å². The first-order chi connectivity index (χ1) is 54.3. The third-order valence-electron chi connectivity index (χ3n) is 20.3. The van der Waals surface area contributed by atoms with Crippen molar-refractivity contribution in [2.75, 3.05) is 114 Å². The molecule has 0 spiro atoms. The number of rotatable bonds is 24. The molecule has 8 aromatic carbocycles. The van der Waals surface area contributed by atoms with Crippen LogP contribution in [0.5, 0.6) is 92.0 Å². The van der Waals surface area contributed by atoms with E-state index in [4.69, 9.17) is 75.8 Å². The van der Waals surface area contributed by atoms with Crippen LogP contribution in [-0.4, -0.2) is 160 Å². The first-order valence-corrected chi connectivity index (χ1v) is 36.7. The first kappa shape index (κ1) is 83.9. The zero-order valence-corrected chi connectivity index (χ0v) is 68.8. The predicted molar refractivity (Wildman–Crippen MR) is 445 cm³/mol. The lowest BCUT2D eigenvalue weighted by atomic mass is 9.84. The molecule has 0 bridgehead atoms. The number of hydrogen-bond donors (Lipinski definition) is 0. The summed E-state index contributed by atoms with van der Waals surface area (Å²) >= 11 is 0. The summed E-state index contributed by atoms with van der Waals surface area (Å²) in [5.74, 6) is 11.2. The number of fused-ring (bicyclic) bond motifs is 4. The highest BCUT2D eigenvalue weighted by Gasteiger charge is 2.32. The van der Waals surface area contributed by atoms with E-state index in [1.165, 1.54) is 0 Å². The Kier molecular flexibility index (Phi) is 29.2. The summed E-state index contributed by atoms with van der Waals surface area (Å²) in [6, 6.07) is 35.1. The van der Waals surface area contributed by atoms with Crippen LogP contribution in [0.2, 0.25) is 0 Å². The Balaban J connectivity index is 0.000000171. The number of benzene rings is 8. The maximum absolute atomic E-state index is 5.76. The summed E-state index contributed by atoms with van der Waals surface area (Å²) < 4.78 is 88.5. The molecule has 0 aliphatic carbocycles. The Bertz CT molecular complexity index is 4660. The fourth-order valence-electron chi connectivity index (χ4n) is 14.6. The van der Waals surface area contributed by atoms with Crippen LogP contribution in [0.3, 0.4) is 0 Å². The highest BCUT2D eigenvalue weighted by molar-refractivity contribution is 6.17. The quantitative estimate of drug-likeness (QED) is 0.0545. The summed E-state index contributed by atoms with van der Waals surface area (Å²) in [4.78, 5) is 0. The number of methoxy groups -OCH3 is 16. The molecule has 592 valence electrons. The molecule has 0 fully saturated rings. The van der Waals surface area contributed by atoms with Crippen molar-refractivity contribution in [1.82, 2.24) is 0 Å². The van der Waals surface area contributed by atoms with Gasteiger partial charge in [-0.15, -0.1) is 10.2 Å². The molecule has 4 heterocycles. The Labute approximate surface area is 657 Å². The van der Waals surface area contributed by atoms with E-state index in [2.05, 4.69) is 68.5 Å². The summed E-state index contributed by atoms with van der Waals surface area (Å²) in [6.45, 7) is 16.6. The van der Waals surface area contributed by atoms with E-state index in [-0.39, 0.29) is 23.7 Å². The number of hydrogen-bond acceptors (Lipinski definition) is 24. The van der Waals surface area contributed by atoms with Crippen LogP contribution < -0.4 is 75.8 Å². The van der Waals surface area contributed by atoms with Crippen LogP contribution in [0.25, 0.3) is 22.3 Å². The average Bonchev–Trinajstić information content (AvgIpc) is 1.24. The second-order valence-electron chi connectivity index (χ2n) is 26.0. The standard InChI is InChI=1S/4C22H26N2O4/c2*1-7-15-13(2)24-23-12-17-16(15)11-20(27-5)22(28-6)21(17)14-8-9-18(25-3)19(10-14)26-4;2*1-7-15-13(2)23-24-22(14-8-9-18(25-3)19(10-14)26-4)17-12-21(28-6)20(27-5)11-16(15)17/h4*8-12,15H,7H2,1-6H3. The minimum absolute atomic E-state index is 0.149. The number of nitrogens with zero attached hydrogens (tertiary/aromatic N) is 8. The van der Waals surface area contributed by atoms with Gasteiger partial charge in [0.15, 0.2) is 92.0 Å². The van der Waals surface area contributed by atoms with Crippen LogP contribution in [0.15, 0.2) is 150 Å². The van der Waals surface area contributed by atoms with Crippen molar-refractivity contribution in [3.63, 3.8) is 0 Å². The van der Waals surface area contributed by atoms with Gasteiger partial charge in [-0.2, -0.15) is 30.6 Å². The fraction of sp³-hybridized carbons (Fsp3) is 0.364. The molecule has 8 aromatic rings. The van der Waals surface area contributed by atoms with Crippen LogP contribution in [-0.2, 0) is 0 Å². The first-order valence-electron chi connectivity index (χ1n) is 36.7. The van der Waals surface area contributed by atoms with Gasteiger partial charge >= 0.3 is 0 Å². The lowest BCUT2D eigenvalue weighted by Gasteiger charge is -2.22. The van der Waals surface area contributed by atoms with Crippen molar-refractivity contribution >= 4 is 46.7 Å². The third kappa shape index (κ3) is 17.4. The average molecular weight is 1530 g/mol. The largest absolute Gasteiger partial charge is 0.493 e. The Hall–Kier alpha value is -12.1. The molecule has 0 aromatic heterocycles. The van der Waals surface area contributed by atoms with Crippen molar-refractivity contribution in [2.45, 2.75) is 105 Å². The lowest BCUT2D eigenvalue weighted by Crippen LogP contribution is -2.13. The molecule has 24 nitrogen and oxygen atoms in total. The van der Waals surface area contributed by atoms with Gasteiger partial charge in [0.05, 0.1) is 126 Å². The van der Waals surface area contributed by atoms with Crippen LogP contribution >= 0.6 is 0 Å². The molecule has 0 N–H and O–H groups in total. The molecular formula is C88H104N8O16. The second-order valence-corrected chi connectivity index (χ2v) is 26.0. The maximum atomic E-state index is 5.76. The van der Waals surface area contributed by atoms with Gasteiger partial charge in [0.25, 0.3) is 0 Å². The van der Waals surface area contributed by atoms with E-state index in [9.17, 15) is 0 Å². The minimum atomic E-state index is 0.149. The van der Waals surface area contributed by atoms with Gasteiger partial charge in [-0.25, -0.2) is 0 Å². The van der Waals surface area contributed by atoms with Gasteiger partial charge in [-0.05, 0) is 184 Å². The second kappa shape index (κ2) is 39.0. The van der Waals surface area contributed by atoms with Gasteiger partial charge in [0.2, 0.25) is 0 Å². The molecule has 0 saturated carbocycles. The molecule has 4 aliphatic rings. The zero-order valence-electron chi connectivity index (χ0n) is 68.8. The zero-order chi connectivity index (χ0) is 81.0. The van der Waals surface area contributed by atoms with Gasteiger partial charge < -0.3 is 75.8 Å². The fourth-order valence-corrected chi connectivity index (χ4v) is 14.6. The van der Waals surface area contributed by atoms with Crippen molar-refractivity contribution < 1.29 is 75.8 Å². The Morgan fingerprint density at radius 1 is 0.241 bits per heavy atom. The highest BCUT2D eigenvalue weighted by atomic mass is 16.5. The molecule has 0 saturated heterocycles. The summed E-state index contributed by atoms with van der Waals surface area (Å²) in [5.41, 5.74) is 19.1. The maximum Gasteiger partial charge on any atom is 0.169 e. The predicted octanol–water partition coefficient (Wildman–Crippen LogP) is 18.3. The molecule has 4 unspecified atom stereocenters. The molecule has 4 aliphatic heterocycles. The topological polar surface area (TPSA) is 247 Å². The van der Waals surface area contributed by atoms with E-state index in [0.29, 0.717) is 92.0 Å². The summed E-state index contributed by atoms with van der Waals surface area (Å²) in [7, 11) is 26.1. The lowest BCUT2D eigenvalue weighted by molar-refractivity contribution is 0.353. The minimum Gasteiger partial charge on any atom is -0.493 e. The van der Waals surface area contributed by atoms with Gasteiger partial charge in [0, 0.05) is 91.0 Å². The van der Waals surface area contributed by atoms with Crippen LogP contribution in [0.1, 0.15) is 160 Å². The van der Waals surface area contributed by atoms with E-state index < -0.39 is 0 Å². The molecule has 112 heavy (non-hydrogen) atoms. The Morgan fingerprint density at radius 2 is 0.482 bits per heavy atom. The van der Waals surface area contributed by atoms with Crippen molar-refractivity contribution in [2.24, 2.45) is 40.8 Å². The summed E-state index contributed by atoms with van der Waals surface area (Å²) in [5, 5.41) is 35.5. The molecule has 24 heteroatoms. The van der Waals surface area contributed by atoms with Gasteiger partial charge in [0.1, 0.15) is 11.4 Å². The van der Waals surface area contributed by atoms with E-state index in [0.717, 1.165) is 138 Å². The number of ether oxygens (including phenoxy) is 16. The van der Waals surface area contributed by atoms with Crippen LogP contribution in [0, 0.1) is 0 Å². The SMILES string of the molecule is CCC1C(C)=NN=C(c2ccc(OC)c(OC)c2)c2cc(OC)c(OC)cc21.CCC1C(C)=NN=C(c2ccc(OC)c(OC)c2)c2cc(OC)c(OC)cc21.CCC1C(C)=NN=Cc2c1cc(OC)c(OC)c2-c1ccc(OC)c(OC)c1.CCC1C(C)=NN=Cc2c1cc(OC)c(OC)c2-c1ccc(OC)c(OC)c1. The molecule has 0 radical (unpaired) electrons. The third-order valence-corrected chi connectivity index (χ3v) is 20.3. The normalized spacial score (nSPS) is 15.5. The van der Waals surface area contributed by atoms with Crippen molar-refractivity contribution in [3.05, 3.63) is 165 Å². The highest BCUT2D eigenvalue weighted by Crippen LogP contribution is 2.50. The van der Waals surface area contributed by atoms with Crippen LogP contribution in [0.4, 0.5) is 0 Å². The molecule has 0 amide bonds. The van der Waals surface area contributed by atoms with E-state index in [1.807, 2.05) is 137 Å². The monoisotopic (exact) mass is 1530 g/mol. The Morgan fingerprint density at radius 3 is 0.759 bits per heavy atom. The molecule has 12 rings (SSSR count). The van der Waals surface area contributed by atoms with Crippen molar-refractivity contribution in [3.8, 4) is 114 Å². The smallest absolute Gasteiger partial charge is 0.169 e. The van der Waals surface area contributed by atoms with E-state index in [1.54, 1.807) is 126 Å². The van der Waals surface area contributed by atoms with Gasteiger partial charge in [-0.1, -0.05) is 39.8 Å². The van der Waals surface area contributed by atoms with Crippen molar-refractivity contribution in [1.29, 1.82) is 0 Å². The summed E-state index contributed by atoms with van der Waals surface area (Å²) in [6.07, 6.45) is 7.23. The van der Waals surface area contributed by atoms with E-state index >= 15 is 0 Å². The molecular weight excluding hydrogens is 1430 g/mol. The molecule has 4 atom stereocenters.